The summed E-state index contributed by atoms with van der Waals surface area (Å²) in [6.07, 6.45) is 3.52. The first-order valence-corrected chi connectivity index (χ1v) is 10.1. The van der Waals surface area contributed by atoms with Gasteiger partial charge in [0, 0.05) is 36.9 Å². The number of piperidine rings is 2. The van der Waals surface area contributed by atoms with Crippen LogP contribution in [0, 0.1) is 17.0 Å². The number of hydroxylamine groups is 3. The number of nitrogens with zero attached hydrogens (tertiary/aromatic N) is 2. The van der Waals surface area contributed by atoms with Gasteiger partial charge in [0.05, 0.1) is 32.7 Å². The third-order valence-corrected chi connectivity index (χ3v) is 8.11. The van der Waals surface area contributed by atoms with Gasteiger partial charge in [-0.05, 0) is 36.3 Å². The lowest BCUT2D eigenvalue weighted by molar-refractivity contribution is -0.916. The quantitative estimate of drug-likeness (QED) is 0.339. The topological polar surface area (TPSA) is 61.8 Å². The van der Waals surface area contributed by atoms with Gasteiger partial charge in [0.15, 0.2) is 0 Å². The number of methoxy groups -OCH3 is 2. The molecule has 3 bridgehead atoms. The first kappa shape index (κ1) is 18.0. The molecular formula is C22H28N2O4. The molecule has 5 rings (SSSR count). The van der Waals surface area contributed by atoms with Crippen LogP contribution in [-0.4, -0.2) is 57.1 Å². The fourth-order valence-corrected chi connectivity index (χ4v) is 7.04. The van der Waals surface area contributed by atoms with Crippen molar-refractivity contribution in [1.82, 2.24) is 0 Å². The Bertz CT molecular complexity index is 883. The number of ether oxygens (including phenoxy) is 2. The molecule has 28 heavy (non-hydrogen) atoms. The number of carbonyl (C=O) groups is 1. The number of allylic oxidation sites excluding steroid dienone is 1. The van der Waals surface area contributed by atoms with Crippen LogP contribution in [0.5, 0.6) is 5.75 Å². The van der Waals surface area contributed by atoms with E-state index in [0.29, 0.717) is 19.5 Å². The summed E-state index contributed by atoms with van der Waals surface area (Å²) in [5.41, 5.74) is 2.98. The Morgan fingerprint density at radius 3 is 2.86 bits per heavy atom. The van der Waals surface area contributed by atoms with Gasteiger partial charge in [0.2, 0.25) is 0 Å². The molecule has 0 amide bonds. The molecule has 4 aliphatic rings. The van der Waals surface area contributed by atoms with Gasteiger partial charge >= 0.3 is 5.97 Å². The molecule has 1 saturated carbocycles. The maximum absolute atomic E-state index is 13.9. The molecule has 0 spiro atoms. The predicted molar refractivity (Wildman–Crippen MR) is 106 cm³/mol. The number of fused-ring (bicyclic) bond motifs is 2. The van der Waals surface area contributed by atoms with Gasteiger partial charge in [-0.25, -0.2) is 0 Å². The molecule has 6 heteroatoms. The smallest absolute Gasteiger partial charge is 0.310 e. The highest BCUT2D eigenvalue weighted by molar-refractivity contribution is 5.80. The normalized spacial score (nSPS) is 41.6. The molecule has 3 heterocycles. The highest BCUT2D eigenvalue weighted by Crippen LogP contribution is 2.65. The summed E-state index contributed by atoms with van der Waals surface area (Å²) in [5, 5.41) is 13.9. The monoisotopic (exact) mass is 384 g/mol. The second-order valence-corrected chi connectivity index (χ2v) is 8.84. The Morgan fingerprint density at radius 1 is 1.39 bits per heavy atom. The molecule has 6 atom stereocenters. The number of esters is 1. The lowest BCUT2D eigenvalue weighted by atomic mass is 9.50. The Balaban J connectivity index is 1.80. The second-order valence-electron chi connectivity index (χ2n) is 8.84. The van der Waals surface area contributed by atoms with Gasteiger partial charge in [-0.15, -0.1) is 0 Å². The number of hydrogen-bond donors (Lipinski definition) is 0. The standard InChI is InChI=1S/C22H28N2O4/c1-5-13-12-24(26)9-8-22-16-10-14(27-3)6-7-17(16)23(2)20(22)18(24)11-15(13)19(22)21(25)28-4/h5-7,10,15,18-20H,8-9,11-12H2,1-4H3/b13-5+/t15-,18+,19+,20+,22+,24-/m1/s1. The number of hydrogen-bond acceptors (Lipinski definition) is 5. The Morgan fingerprint density at radius 2 is 2.18 bits per heavy atom. The molecule has 0 radical (unpaired) electrons. The maximum Gasteiger partial charge on any atom is 0.310 e. The lowest BCUT2D eigenvalue weighted by Crippen LogP contribution is -2.77. The van der Waals surface area contributed by atoms with Crippen LogP contribution in [0.2, 0.25) is 0 Å². The summed E-state index contributed by atoms with van der Waals surface area (Å²) < 4.78 is 10.7. The molecule has 0 aromatic heterocycles. The van der Waals surface area contributed by atoms with E-state index in [2.05, 4.69) is 30.2 Å². The van der Waals surface area contributed by atoms with Gasteiger partial charge in [-0.1, -0.05) is 6.08 Å². The number of carbonyl (C=O) groups excluding carboxylic acids is 1. The summed E-state index contributed by atoms with van der Waals surface area (Å²) in [7, 11) is 5.23. The van der Waals surface area contributed by atoms with Crippen LogP contribution in [0.4, 0.5) is 5.69 Å². The summed E-state index contributed by atoms with van der Waals surface area (Å²) in [5.74, 6) is 0.449. The summed E-state index contributed by atoms with van der Waals surface area (Å²) in [6, 6.07) is 6.12. The van der Waals surface area contributed by atoms with Crippen LogP contribution < -0.4 is 9.64 Å². The minimum absolute atomic E-state index is 0.0135. The zero-order chi connectivity index (χ0) is 19.8. The van der Waals surface area contributed by atoms with Crippen molar-refractivity contribution in [3.8, 4) is 5.75 Å². The molecule has 6 nitrogen and oxygen atoms in total. The van der Waals surface area contributed by atoms with Crippen LogP contribution >= 0.6 is 0 Å². The summed E-state index contributed by atoms with van der Waals surface area (Å²) in [4.78, 5) is 15.5. The molecule has 1 aliphatic carbocycles. The Hall–Kier alpha value is -2.05. The van der Waals surface area contributed by atoms with Gasteiger partial charge in [-0.3, -0.25) is 4.79 Å². The molecule has 150 valence electrons. The van der Waals surface area contributed by atoms with Crippen molar-refractivity contribution in [3.63, 3.8) is 0 Å². The van der Waals surface area contributed by atoms with E-state index in [4.69, 9.17) is 9.47 Å². The van der Waals surface area contributed by atoms with E-state index in [1.165, 1.54) is 7.11 Å². The van der Waals surface area contributed by atoms with Crippen LogP contribution in [-0.2, 0) is 14.9 Å². The maximum atomic E-state index is 13.9. The van der Waals surface area contributed by atoms with Crippen LogP contribution in [0.25, 0.3) is 0 Å². The van der Waals surface area contributed by atoms with Crippen molar-refractivity contribution >= 4 is 11.7 Å². The van der Waals surface area contributed by atoms with E-state index >= 15 is 0 Å². The third-order valence-electron chi connectivity index (χ3n) is 8.11. The van der Waals surface area contributed by atoms with Gasteiger partial charge in [0.25, 0.3) is 0 Å². The second kappa shape index (κ2) is 5.74. The van der Waals surface area contributed by atoms with Crippen LogP contribution in [0.15, 0.2) is 29.8 Å². The van der Waals surface area contributed by atoms with Gasteiger partial charge in [-0.2, -0.15) is 0 Å². The number of benzene rings is 1. The van der Waals surface area contributed by atoms with Crippen molar-refractivity contribution in [2.45, 2.75) is 37.3 Å². The van der Waals surface area contributed by atoms with Crippen molar-refractivity contribution < 1.29 is 18.9 Å². The van der Waals surface area contributed by atoms with E-state index in [1.54, 1.807) is 7.11 Å². The van der Waals surface area contributed by atoms with E-state index in [-0.39, 0.29) is 34.5 Å². The summed E-state index contributed by atoms with van der Waals surface area (Å²) >= 11 is 0. The van der Waals surface area contributed by atoms with Gasteiger partial charge < -0.3 is 24.2 Å². The Kier molecular flexibility index (Phi) is 3.69. The third kappa shape index (κ3) is 1.93. The average Bonchev–Trinajstić information content (AvgIpc) is 2.97. The van der Waals surface area contributed by atoms with Crippen LogP contribution in [0.1, 0.15) is 25.3 Å². The highest BCUT2D eigenvalue weighted by atomic mass is 16.5. The zero-order valence-corrected chi connectivity index (χ0v) is 17.0. The fraction of sp³-hybridized carbons (Fsp3) is 0.591. The molecular weight excluding hydrogens is 356 g/mol. The van der Waals surface area contributed by atoms with Crippen molar-refractivity contribution in [2.24, 2.45) is 11.8 Å². The van der Waals surface area contributed by atoms with E-state index in [9.17, 15) is 10.0 Å². The highest BCUT2D eigenvalue weighted by Gasteiger charge is 2.72. The van der Waals surface area contributed by atoms with Gasteiger partial charge in [0.1, 0.15) is 18.3 Å². The van der Waals surface area contributed by atoms with Crippen molar-refractivity contribution in [3.05, 3.63) is 40.6 Å². The van der Waals surface area contributed by atoms with Crippen LogP contribution in [0.3, 0.4) is 0 Å². The zero-order valence-electron chi connectivity index (χ0n) is 17.0. The van der Waals surface area contributed by atoms with E-state index in [0.717, 1.165) is 29.0 Å². The molecule has 1 aromatic carbocycles. The first-order chi connectivity index (χ1) is 13.4. The van der Waals surface area contributed by atoms with E-state index in [1.807, 2.05) is 13.0 Å². The van der Waals surface area contributed by atoms with E-state index < -0.39 is 5.41 Å². The number of anilines is 1. The minimum Gasteiger partial charge on any atom is -0.632 e. The van der Waals surface area contributed by atoms with Crippen molar-refractivity contribution in [2.75, 3.05) is 39.3 Å². The molecule has 3 aliphatic heterocycles. The lowest BCUT2D eigenvalue weighted by Gasteiger charge is -2.68. The number of quaternary nitrogens is 1. The first-order valence-electron chi connectivity index (χ1n) is 10.1. The molecule has 0 unspecified atom stereocenters. The predicted octanol–water partition coefficient (Wildman–Crippen LogP) is 2.61. The average molecular weight is 384 g/mol. The minimum atomic E-state index is -0.403. The Labute approximate surface area is 165 Å². The molecule has 0 N–H and O–H groups in total. The molecule has 2 saturated heterocycles. The SMILES string of the molecule is C/C=C1\C[N@+]2([O-])CC[C@@]34c5cc(OC)ccc5N(C)[C@H]3[C@@H]2C[C@H]1[C@H]4C(=O)OC. The number of likely N-dealkylation sites (N-methyl/N-ethyl adjacent to an activating group) is 1. The molecule has 1 aromatic rings. The molecule has 3 fully saturated rings. The fourth-order valence-electron chi connectivity index (χ4n) is 7.04. The largest absolute Gasteiger partial charge is 0.632 e. The van der Waals surface area contributed by atoms with Crippen molar-refractivity contribution in [1.29, 1.82) is 0 Å². The summed E-state index contributed by atoms with van der Waals surface area (Å²) in [6.45, 7) is 3.04. The number of rotatable bonds is 2.